The molecule has 0 saturated heterocycles. The van der Waals surface area contributed by atoms with Crippen molar-refractivity contribution in [1.82, 2.24) is 0 Å². The van der Waals surface area contributed by atoms with Crippen LogP contribution in [0.2, 0.25) is 0 Å². The number of esters is 1. The normalized spacial score (nSPS) is 10.9. The van der Waals surface area contributed by atoms with E-state index in [-0.39, 0.29) is 10.6 Å². The quantitative estimate of drug-likeness (QED) is 0.441. The summed E-state index contributed by atoms with van der Waals surface area (Å²) in [6.45, 7) is -0.569. The second-order valence-electron chi connectivity index (χ2n) is 4.92. The molecule has 0 saturated carbocycles. The molecule has 0 aliphatic heterocycles. The van der Waals surface area contributed by atoms with Gasteiger partial charge >= 0.3 is 5.97 Å². The number of carbonyl (C=O) groups is 2. The van der Waals surface area contributed by atoms with Gasteiger partial charge in [0.15, 0.2) is 6.61 Å². The summed E-state index contributed by atoms with van der Waals surface area (Å²) < 4.78 is 42.5. The maximum Gasteiger partial charge on any atom is 0.331 e. The summed E-state index contributed by atoms with van der Waals surface area (Å²) in [6, 6.07) is 11.5. The van der Waals surface area contributed by atoms with Gasteiger partial charge in [-0.25, -0.2) is 9.18 Å². The Hall–Kier alpha value is -2.74. The second kappa shape index (κ2) is 9.67. The Kier molecular flexibility index (Phi) is 7.28. The van der Waals surface area contributed by atoms with Crippen LogP contribution < -0.4 is 5.32 Å². The predicted octanol–water partition coefficient (Wildman–Crippen LogP) is 4.34. The van der Waals surface area contributed by atoms with Gasteiger partial charge in [0.25, 0.3) is 11.7 Å². The van der Waals surface area contributed by atoms with E-state index in [4.69, 9.17) is 4.74 Å². The number of hydrogen-bond donors (Lipinski definition) is 1. The van der Waals surface area contributed by atoms with Gasteiger partial charge in [0.2, 0.25) is 0 Å². The number of thioether (sulfide) groups is 1. The molecule has 0 bridgehead atoms. The second-order valence-corrected chi connectivity index (χ2v) is 5.95. The monoisotopic (exact) mass is 381 g/mol. The van der Waals surface area contributed by atoms with E-state index in [2.05, 4.69) is 5.32 Å². The zero-order chi connectivity index (χ0) is 18.9. The van der Waals surface area contributed by atoms with Crippen molar-refractivity contribution in [3.05, 3.63) is 66.0 Å². The van der Waals surface area contributed by atoms with E-state index in [1.807, 2.05) is 0 Å². The summed E-state index contributed by atoms with van der Waals surface area (Å²) in [6.07, 6.45) is 2.51. The molecule has 1 N–H and O–H groups in total. The number of alkyl halides is 2. The Balaban J connectivity index is 1.85. The van der Waals surface area contributed by atoms with Crippen molar-refractivity contribution in [2.24, 2.45) is 0 Å². The molecule has 0 unspecified atom stereocenters. The van der Waals surface area contributed by atoms with Crippen LogP contribution in [0.1, 0.15) is 5.56 Å². The van der Waals surface area contributed by atoms with E-state index in [1.54, 1.807) is 12.1 Å². The highest BCUT2D eigenvalue weighted by Gasteiger charge is 2.12. The van der Waals surface area contributed by atoms with Crippen LogP contribution >= 0.6 is 11.8 Å². The van der Waals surface area contributed by atoms with Gasteiger partial charge in [0, 0.05) is 11.0 Å². The van der Waals surface area contributed by atoms with Crippen molar-refractivity contribution in [3.8, 4) is 0 Å². The Morgan fingerprint density at radius 3 is 2.50 bits per heavy atom. The molecule has 0 atom stereocenters. The predicted molar refractivity (Wildman–Crippen MR) is 93.3 cm³/mol. The minimum Gasteiger partial charge on any atom is -0.452 e. The van der Waals surface area contributed by atoms with E-state index in [1.165, 1.54) is 42.5 Å². The van der Waals surface area contributed by atoms with E-state index < -0.39 is 30.1 Å². The third kappa shape index (κ3) is 6.64. The van der Waals surface area contributed by atoms with E-state index in [0.29, 0.717) is 17.3 Å². The lowest BCUT2D eigenvalue weighted by molar-refractivity contribution is -0.142. The Labute approximate surface area is 152 Å². The van der Waals surface area contributed by atoms with Crippen LogP contribution in [0.25, 0.3) is 6.08 Å². The smallest absolute Gasteiger partial charge is 0.331 e. The highest BCUT2D eigenvalue weighted by Crippen LogP contribution is 2.31. The molecule has 2 aromatic carbocycles. The maximum absolute atomic E-state index is 12.8. The highest BCUT2D eigenvalue weighted by atomic mass is 32.2. The number of rotatable bonds is 7. The van der Waals surface area contributed by atoms with Gasteiger partial charge in [-0.15, -0.1) is 0 Å². The van der Waals surface area contributed by atoms with Crippen molar-refractivity contribution in [3.63, 3.8) is 0 Å². The zero-order valence-electron chi connectivity index (χ0n) is 13.3. The van der Waals surface area contributed by atoms with Crippen LogP contribution in [-0.2, 0) is 14.3 Å². The molecular formula is C18H14F3NO3S. The molecular weight excluding hydrogens is 367 g/mol. The first-order valence-corrected chi connectivity index (χ1v) is 8.26. The third-order valence-electron chi connectivity index (χ3n) is 3.00. The molecule has 0 aliphatic carbocycles. The number of ether oxygens (including phenoxy) is 1. The van der Waals surface area contributed by atoms with Gasteiger partial charge in [0.1, 0.15) is 5.82 Å². The molecule has 8 heteroatoms. The first-order valence-electron chi connectivity index (χ1n) is 7.38. The fourth-order valence-corrected chi connectivity index (χ4v) is 2.47. The molecule has 0 spiro atoms. The molecule has 0 aromatic heterocycles. The molecule has 136 valence electrons. The van der Waals surface area contributed by atoms with Gasteiger partial charge in [-0.2, -0.15) is 8.78 Å². The summed E-state index contributed by atoms with van der Waals surface area (Å²) in [7, 11) is 0. The van der Waals surface area contributed by atoms with Crippen molar-refractivity contribution >= 4 is 35.4 Å². The number of anilines is 1. The van der Waals surface area contributed by atoms with E-state index in [9.17, 15) is 22.8 Å². The number of hydrogen-bond acceptors (Lipinski definition) is 4. The van der Waals surface area contributed by atoms with Crippen molar-refractivity contribution in [2.75, 3.05) is 11.9 Å². The largest absolute Gasteiger partial charge is 0.452 e. The van der Waals surface area contributed by atoms with Crippen LogP contribution in [-0.4, -0.2) is 24.2 Å². The van der Waals surface area contributed by atoms with Crippen molar-refractivity contribution in [2.45, 2.75) is 10.7 Å². The average Bonchev–Trinajstić information content (AvgIpc) is 2.61. The molecule has 2 aromatic rings. The zero-order valence-corrected chi connectivity index (χ0v) is 14.1. The topological polar surface area (TPSA) is 55.4 Å². The lowest BCUT2D eigenvalue weighted by atomic mass is 10.2. The average molecular weight is 381 g/mol. The summed E-state index contributed by atoms with van der Waals surface area (Å²) in [5.74, 6) is -4.44. The fourth-order valence-electron chi connectivity index (χ4n) is 1.88. The molecule has 0 heterocycles. The molecule has 1 amide bonds. The van der Waals surface area contributed by atoms with Gasteiger partial charge in [-0.3, -0.25) is 4.79 Å². The Morgan fingerprint density at radius 2 is 1.81 bits per heavy atom. The number of para-hydroxylation sites is 1. The van der Waals surface area contributed by atoms with Crippen LogP contribution in [0.15, 0.2) is 59.5 Å². The molecule has 0 radical (unpaired) electrons. The number of nitrogens with one attached hydrogen (secondary N) is 1. The van der Waals surface area contributed by atoms with Crippen molar-refractivity contribution in [1.29, 1.82) is 0 Å². The Bertz CT molecular complexity index is 795. The standard InChI is InChI=1S/C18H14F3NO3S/c19-13-8-5-12(6-9-13)7-10-17(24)25-11-16(23)22-14-3-1-2-4-15(14)26-18(20)21/h1-10,18H,11H2,(H,22,23)/b10-7+. The molecule has 4 nitrogen and oxygen atoms in total. The lowest BCUT2D eigenvalue weighted by Gasteiger charge is -2.10. The van der Waals surface area contributed by atoms with E-state index in [0.717, 1.165) is 6.08 Å². The number of carbonyl (C=O) groups excluding carboxylic acids is 2. The van der Waals surface area contributed by atoms with Crippen LogP contribution in [0.3, 0.4) is 0 Å². The third-order valence-corrected chi connectivity index (χ3v) is 3.79. The van der Waals surface area contributed by atoms with Crippen LogP contribution in [0, 0.1) is 5.82 Å². The van der Waals surface area contributed by atoms with Gasteiger partial charge in [-0.05, 0) is 35.9 Å². The molecule has 0 aliphatic rings. The number of halogens is 3. The summed E-state index contributed by atoms with van der Waals surface area (Å²) in [4.78, 5) is 23.6. The Morgan fingerprint density at radius 1 is 1.12 bits per heavy atom. The van der Waals surface area contributed by atoms with Gasteiger partial charge in [-0.1, -0.05) is 36.0 Å². The molecule has 0 fully saturated rings. The maximum atomic E-state index is 12.8. The van der Waals surface area contributed by atoms with E-state index >= 15 is 0 Å². The summed E-state index contributed by atoms with van der Waals surface area (Å²) in [5.41, 5.74) is 0.798. The number of benzene rings is 2. The highest BCUT2D eigenvalue weighted by molar-refractivity contribution is 7.99. The van der Waals surface area contributed by atoms with Crippen LogP contribution in [0.4, 0.5) is 18.9 Å². The summed E-state index contributed by atoms with van der Waals surface area (Å²) in [5, 5.41) is 2.42. The first-order chi connectivity index (χ1) is 12.4. The molecule has 26 heavy (non-hydrogen) atoms. The van der Waals surface area contributed by atoms with Gasteiger partial charge < -0.3 is 10.1 Å². The summed E-state index contributed by atoms with van der Waals surface area (Å²) >= 11 is 0.304. The minimum absolute atomic E-state index is 0.207. The SMILES string of the molecule is O=C(COC(=O)/C=C/c1ccc(F)cc1)Nc1ccccc1SC(F)F. The van der Waals surface area contributed by atoms with Crippen LogP contribution in [0.5, 0.6) is 0 Å². The number of amides is 1. The fraction of sp³-hybridized carbons (Fsp3) is 0.111. The van der Waals surface area contributed by atoms with Gasteiger partial charge in [0.05, 0.1) is 5.69 Å². The lowest BCUT2D eigenvalue weighted by Crippen LogP contribution is -2.20. The van der Waals surface area contributed by atoms with Crippen molar-refractivity contribution < 1.29 is 27.5 Å². The minimum atomic E-state index is -2.62. The molecule has 2 rings (SSSR count). The first kappa shape index (κ1) is 19.6.